The summed E-state index contributed by atoms with van der Waals surface area (Å²) >= 11 is 0. The monoisotopic (exact) mass is 229 g/mol. The first kappa shape index (κ1) is 14.9. The highest BCUT2D eigenvalue weighted by Gasteiger charge is 2.24. The van der Waals surface area contributed by atoms with Crippen LogP contribution in [-0.2, 0) is 4.79 Å². The van der Waals surface area contributed by atoms with Gasteiger partial charge in [0, 0.05) is 6.04 Å². The molecule has 0 aromatic heterocycles. The summed E-state index contributed by atoms with van der Waals surface area (Å²) < 4.78 is 0. The first-order valence-corrected chi connectivity index (χ1v) is 5.78. The molecule has 0 aromatic carbocycles. The van der Waals surface area contributed by atoms with Crippen molar-refractivity contribution in [3.05, 3.63) is 0 Å². The molecule has 0 heterocycles. The second-order valence-corrected chi connectivity index (χ2v) is 4.26. The normalized spacial score (nSPS) is 12.9. The summed E-state index contributed by atoms with van der Waals surface area (Å²) in [6, 6.07) is -0.898. The molecule has 0 aliphatic carbocycles. The van der Waals surface area contributed by atoms with E-state index in [1.54, 1.807) is 0 Å². The van der Waals surface area contributed by atoms with Crippen LogP contribution in [0, 0.1) is 5.92 Å². The van der Waals surface area contributed by atoms with Crippen molar-refractivity contribution in [2.75, 3.05) is 0 Å². The van der Waals surface area contributed by atoms with Gasteiger partial charge in [-0.2, -0.15) is 0 Å². The molecule has 0 saturated carbocycles. The fourth-order valence-corrected chi connectivity index (χ4v) is 1.55. The SMILES string of the molecule is CCC(CC)N[C@H](C(=O)NC(N)=O)C(C)C. The summed E-state index contributed by atoms with van der Waals surface area (Å²) in [6.45, 7) is 7.98. The number of amides is 3. The Kier molecular flexibility index (Phi) is 6.72. The highest BCUT2D eigenvalue weighted by atomic mass is 16.2. The number of imide groups is 1. The van der Waals surface area contributed by atoms with Crippen molar-refractivity contribution in [3.8, 4) is 0 Å². The van der Waals surface area contributed by atoms with Gasteiger partial charge in [-0.25, -0.2) is 4.79 Å². The lowest BCUT2D eigenvalue weighted by molar-refractivity contribution is -0.123. The number of hydrogen-bond acceptors (Lipinski definition) is 3. The fourth-order valence-electron chi connectivity index (χ4n) is 1.55. The lowest BCUT2D eigenvalue weighted by Gasteiger charge is -2.25. The van der Waals surface area contributed by atoms with Gasteiger partial charge < -0.3 is 11.1 Å². The highest BCUT2D eigenvalue weighted by Crippen LogP contribution is 2.06. The molecule has 0 rings (SSSR count). The Balaban J connectivity index is 4.48. The molecule has 5 nitrogen and oxygen atoms in total. The molecular formula is C11H23N3O2. The molecule has 0 unspecified atom stereocenters. The molecule has 1 atom stereocenters. The van der Waals surface area contributed by atoms with Gasteiger partial charge in [-0.15, -0.1) is 0 Å². The number of carbonyl (C=O) groups excluding carboxylic acids is 2. The Morgan fingerprint density at radius 2 is 1.69 bits per heavy atom. The predicted molar refractivity (Wildman–Crippen MR) is 63.9 cm³/mol. The van der Waals surface area contributed by atoms with Gasteiger partial charge in [0.05, 0.1) is 6.04 Å². The molecule has 4 N–H and O–H groups in total. The zero-order chi connectivity index (χ0) is 12.7. The molecule has 5 heteroatoms. The molecule has 0 aliphatic rings. The van der Waals surface area contributed by atoms with Gasteiger partial charge >= 0.3 is 6.03 Å². The minimum atomic E-state index is -0.804. The van der Waals surface area contributed by atoms with Gasteiger partial charge in [0.15, 0.2) is 0 Å². The van der Waals surface area contributed by atoms with E-state index in [0.717, 1.165) is 12.8 Å². The topological polar surface area (TPSA) is 84.2 Å². The van der Waals surface area contributed by atoms with Crippen molar-refractivity contribution >= 4 is 11.9 Å². The number of nitrogens with two attached hydrogens (primary N) is 1. The molecule has 0 saturated heterocycles. The number of nitrogens with one attached hydrogen (secondary N) is 2. The van der Waals surface area contributed by atoms with Crippen molar-refractivity contribution in [1.82, 2.24) is 10.6 Å². The smallest absolute Gasteiger partial charge is 0.318 e. The number of carbonyl (C=O) groups is 2. The van der Waals surface area contributed by atoms with Crippen LogP contribution in [0.15, 0.2) is 0 Å². The molecule has 3 amide bonds. The highest BCUT2D eigenvalue weighted by molar-refractivity contribution is 5.96. The molecule has 16 heavy (non-hydrogen) atoms. The lowest BCUT2D eigenvalue weighted by Crippen LogP contribution is -2.53. The molecule has 0 radical (unpaired) electrons. The second kappa shape index (κ2) is 7.22. The summed E-state index contributed by atoms with van der Waals surface area (Å²) in [7, 11) is 0. The van der Waals surface area contributed by atoms with Crippen LogP contribution < -0.4 is 16.4 Å². The first-order valence-electron chi connectivity index (χ1n) is 5.78. The van der Waals surface area contributed by atoms with Crippen molar-refractivity contribution in [2.24, 2.45) is 11.7 Å². The van der Waals surface area contributed by atoms with Gasteiger partial charge in [-0.3, -0.25) is 10.1 Å². The van der Waals surface area contributed by atoms with Crippen LogP contribution in [0.4, 0.5) is 4.79 Å². The molecular weight excluding hydrogens is 206 g/mol. The van der Waals surface area contributed by atoms with Gasteiger partial charge in [-0.05, 0) is 18.8 Å². The van der Waals surface area contributed by atoms with Crippen molar-refractivity contribution in [1.29, 1.82) is 0 Å². The van der Waals surface area contributed by atoms with E-state index in [9.17, 15) is 9.59 Å². The van der Waals surface area contributed by atoms with Crippen molar-refractivity contribution in [3.63, 3.8) is 0 Å². The number of rotatable bonds is 6. The number of urea groups is 1. The van der Waals surface area contributed by atoms with E-state index in [-0.39, 0.29) is 23.9 Å². The molecule has 0 spiro atoms. The molecule has 0 aromatic rings. The zero-order valence-corrected chi connectivity index (χ0v) is 10.5. The van der Waals surface area contributed by atoms with Gasteiger partial charge in [0.25, 0.3) is 0 Å². The van der Waals surface area contributed by atoms with Crippen LogP contribution in [0.1, 0.15) is 40.5 Å². The summed E-state index contributed by atoms with van der Waals surface area (Å²) in [5, 5.41) is 5.35. The average molecular weight is 229 g/mol. The largest absolute Gasteiger partial charge is 0.351 e. The Hall–Kier alpha value is -1.10. The zero-order valence-electron chi connectivity index (χ0n) is 10.5. The summed E-state index contributed by atoms with van der Waals surface area (Å²) in [4.78, 5) is 22.3. The third kappa shape index (κ3) is 5.11. The van der Waals surface area contributed by atoms with E-state index >= 15 is 0 Å². The van der Waals surface area contributed by atoms with Gasteiger partial charge in [-0.1, -0.05) is 27.7 Å². The van der Waals surface area contributed by atoms with Crippen molar-refractivity contribution in [2.45, 2.75) is 52.6 Å². The van der Waals surface area contributed by atoms with Crippen LogP contribution in [0.3, 0.4) is 0 Å². The maximum atomic E-state index is 11.7. The predicted octanol–water partition coefficient (Wildman–Crippen LogP) is 0.984. The molecule has 0 fully saturated rings. The average Bonchev–Trinajstić information content (AvgIpc) is 2.17. The molecule has 94 valence electrons. The van der Waals surface area contributed by atoms with Crippen LogP contribution in [0.5, 0.6) is 0 Å². The number of hydrogen-bond donors (Lipinski definition) is 3. The van der Waals surface area contributed by atoms with Crippen LogP contribution in [0.25, 0.3) is 0 Å². The number of primary amides is 1. The maximum Gasteiger partial charge on any atom is 0.318 e. The van der Waals surface area contributed by atoms with E-state index in [1.165, 1.54) is 0 Å². The van der Waals surface area contributed by atoms with Crippen LogP contribution in [0.2, 0.25) is 0 Å². The van der Waals surface area contributed by atoms with E-state index in [0.29, 0.717) is 0 Å². The Morgan fingerprint density at radius 3 is 2.00 bits per heavy atom. The third-order valence-electron chi connectivity index (χ3n) is 2.60. The minimum absolute atomic E-state index is 0.111. The summed E-state index contributed by atoms with van der Waals surface area (Å²) in [6.07, 6.45) is 1.90. The summed E-state index contributed by atoms with van der Waals surface area (Å²) in [5.41, 5.74) is 4.93. The Labute approximate surface area is 97.2 Å². The first-order chi connectivity index (χ1) is 7.42. The van der Waals surface area contributed by atoms with Crippen LogP contribution in [-0.4, -0.2) is 24.0 Å². The molecule has 0 bridgehead atoms. The van der Waals surface area contributed by atoms with Gasteiger partial charge in [0.1, 0.15) is 0 Å². The fraction of sp³-hybridized carbons (Fsp3) is 0.818. The lowest BCUT2D eigenvalue weighted by atomic mass is 10.0. The quantitative estimate of drug-likeness (QED) is 0.635. The maximum absolute atomic E-state index is 11.7. The van der Waals surface area contributed by atoms with E-state index in [4.69, 9.17) is 5.73 Å². The van der Waals surface area contributed by atoms with E-state index in [2.05, 4.69) is 24.5 Å². The summed E-state index contributed by atoms with van der Waals surface area (Å²) in [5.74, 6) is -0.241. The van der Waals surface area contributed by atoms with Crippen molar-refractivity contribution < 1.29 is 9.59 Å². The van der Waals surface area contributed by atoms with E-state index in [1.807, 2.05) is 13.8 Å². The molecule has 0 aliphatic heterocycles. The second-order valence-electron chi connectivity index (χ2n) is 4.26. The third-order valence-corrected chi connectivity index (χ3v) is 2.60. The van der Waals surface area contributed by atoms with Gasteiger partial charge in [0.2, 0.25) is 5.91 Å². The van der Waals surface area contributed by atoms with E-state index < -0.39 is 6.03 Å². The minimum Gasteiger partial charge on any atom is -0.351 e. The Morgan fingerprint density at radius 1 is 1.19 bits per heavy atom. The standard InChI is InChI=1S/C11H23N3O2/c1-5-8(6-2)13-9(7(3)4)10(15)14-11(12)16/h7-9,13H,5-6H2,1-4H3,(H3,12,14,15,16)/t9-/m0/s1. The van der Waals surface area contributed by atoms with Crippen LogP contribution >= 0.6 is 0 Å². The Bertz CT molecular complexity index is 237.